The van der Waals surface area contributed by atoms with Crippen molar-refractivity contribution in [2.24, 2.45) is 0 Å². The number of carbonyl (C=O) groups is 1. The van der Waals surface area contributed by atoms with Crippen LogP contribution in [0.1, 0.15) is 7.79 Å². The molecule has 11 heavy (non-hydrogen) atoms. The second-order valence-electron chi connectivity index (χ2n) is 3.56. The summed E-state index contributed by atoms with van der Waals surface area (Å²) < 4.78 is 14.6. The maximum Gasteiger partial charge on any atom is 0.306 e. The Kier molecular flexibility index (Phi) is 2.37. The van der Waals surface area contributed by atoms with Gasteiger partial charge in [0.15, 0.2) is 0 Å². The zero-order valence-electron chi connectivity index (χ0n) is 9.13. The molecule has 0 bridgehead atoms. The van der Waals surface area contributed by atoms with Crippen molar-refractivity contribution in [3.8, 4) is 0 Å². The van der Waals surface area contributed by atoms with Crippen molar-refractivity contribution < 1.29 is 20.9 Å². The fourth-order valence-corrected chi connectivity index (χ4v) is 0.754. The number of aliphatic carboxylic acids is 1. The van der Waals surface area contributed by atoms with Crippen molar-refractivity contribution in [2.75, 3.05) is 27.7 Å². The second kappa shape index (κ2) is 3.69. The van der Waals surface area contributed by atoms with Crippen molar-refractivity contribution in [3.05, 3.63) is 0 Å². The molecule has 66 valence electrons. The highest BCUT2D eigenvalue weighted by molar-refractivity contribution is 5.67. The summed E-state index contributed by atoms with van der Waals surface area (Å²) >= 11 is 0. The Bertz CT molecular complexity index is 193. The lowest BCUT2D eigenvalue weighted by molar-refractivity contribution is -0.873. The molecule has 2 N–H and O–H groups in total. The van der Waals surface area contributed by atoms with E-state index in [1.165, 1.54) is 0 Å². The van der Waals surface area contributed by atoms with Crippen LogP contribution in [0.25, 0.3) is 0 Å². The van der Waals surface area contributed by atoms with Gasteiger partial charge in [-0.25, -0.2) is 0 Å². The summed E-state index contributed by atoms with van der Waals surface area (Å²) in [5, 5.41) is 12.6. The highest BCUT2D eigenvalue weighted by atomic mass is 16.4. The molecule has 0 unspecified atom stereocenters. The molecule has 0 aromatic carbocycles. The lowest BCUT2D eigenvalue weighted by Crippen LogP contribution is -2.42. The first-order chi connectivity index (χ1) is 5.68. The summed E-state index contributed by atoms with van der Waals surface area (Å²) in [6.07, 6.45) is -2.14. The third-order valence-corrected chi connectivity index (χ3v) is 0.999. The summed E-state index contributed by atoms with van der Waals surface area (Å²) in [7, 11) is 5.43. The van der Waals surface area contributed by atoms with Gasteiger partial charge in [-0.05, 0) is 0 Å². The first kappa shape index (κ1) is 7.06. The lowest BCUT2D eigenvalue weighted by Gasteiger charge is -2.25. The van der Waals surface area contributed by atoms with Crippen LogP contribution in [-0.4, -0.2) is 55.9 Å². The number of hydrogen-bond acceptors (Lipinski definition) is 2. The molecule has 0 saturated heterocycles. The smallest absolute Gasteiger partial charge is 0.306 e. The molecule has 0 aromatic rings. The molecule has 0 spiro atoms. The van der Waals surface area contributed by atoms with E-state index in [-0.39, 0.29) is 6.54 Å². The minimum Gasteiger partial charge on any atom is -0.481 e. The Morgan fingerprint density at radius 1 is 1.73 bits per heavy atom. The maximum absolute atomic E-state index is 10.4. The van der Waals surface area contributed by atoms with Gasteiger partial charge in [0.2, 0.25) is 1.43 Å². The summed E-state index contributed by atoms with van der Waals surface area (Å²) in [6, 6.07) is 0. The highest BCUT2D eigenvalue weighted by Gasteiger charge is 2.17. The highest BCUT2D eigenvalue weighted by Crippen LogP contribution is 1.98. The van der Waals surface area contributed by atoms with E-state index < -0.39 is 18.5 Å². The maximum atomic E-state index is 10.4. The Morgan fingerprint density at radius 3 is 2.55 bits per heavy atom. The van der Waals surface area contributed by atoms with Crippen LogP contribution in [0.4, 0.5) is 0 Å². The van der Waals surface area contributed by atoms with Crippen LogP contribution in [0.5, 0.6) is 0 Å². The van der Waals surface area contributed by atoms with Crippen LogP contribution < -0.4 is 0 Å². The van der Waals surface area contributed by atoms with E-state index >= 15 is 0 Å². The largest absolute Gasteiger partial charge is 0.481 e. The van der Waals surface area contributed by atoms with Crippen LogP contribution in [0.2, 0.25) is 0 Å². The van der Waals surface area contributed by atoms with Gasteiger partial charge in [0.25, 0.3) is 0 Å². The van der Waals surface area contributed by atoms with Gasteiger partial charge in [0, 0.05) is 0 Å². The molecule has 0 heterocycles. The van der Waals surface area contributed by atoms with Crippen LogP contribution in [0, 0.1) is 0 Å². The SMILES string of the molecule is [2H]O[C@]([2H])(CC(=O)O)C[N+](C)(C)C. The predicted molar refractivity (Wildman–Crippen MR) is 41.2 cm³/mol. The van der Waals surface area contributed by atoms with E-state index in [0.29, 0.717) is 4.48 Å². The van der Waals surface area contributed by atoms with E-state index in [0.717, 1.165) is 0 Å². The van der Waals surface area contributed by atoms with Crippen molar-refractivity contribution in [2.45, 2.75) is 12.5 Å². The van der Waals surface area contributed by atoms with Crippen LogP contribution >= 0.6 is 0 Å². The Labute approximate surface area is 69.5 Å². The average Bonchev–Trinajstić information content (AvgIpc) is 1.81. The van der Waals surface area contributed by atoms with Gasteiger partial charge in [0.1, 0.15) is 12.6 Å². The summed E-state index contributed by atoms with van der Waals surface area (Å²) in [4.78, 5) is 10.4. The molecule has 0 saturated carbocycles. The number of likely N-dealkylation sites (N-methyl/N-ethyl adjacent to an activating group) is 1. The summed E-state index contributed by atoms with van der Waals surface area (Å²) in [5.41, 5.74) is 0. The number of carboxylic acid groups (broad SMARTS) is 1. The topological polar surface area (TPSA) is 57.5 Å². The van der Waals surface area contributed by atoms with Crippen molar-refractivity contribution >= 4 is 5.97 Å². The van der Waals surface area contributed by atoms with Gasteiger partial charge in [-0.3, -0.25) is 4.79 Å². The van der Waals surface area contributed by atoms with Crippen LogP contribution in [0.3, 0.4) is 0 Å². The van der Waals surface area contributed by atoms with Gasteiger partial charge >= 0.3 is 5.97 Å². The van der Waals surface area contributed by atoms with Gasteiger partial charge in [-0.2, -0.15) is 0 Å². The van der Waals surface area contributed by atoms with Crippen molar-refractivity contribution in [3.63, 3.8) is 0 Å². The Balaban J connectivity index is 4.36. The molecule has 1 atom stereocenters. The molecule has 0 aliphatic rings. The normalized spacial score (nSPS) is 19.9. The number of rotatable bonds is 5. The zero-order chi connectivity index (χ0) is 10.7. The lowest BCUT2D eigenvalue weighted by atomic mass is 10.2. The van der Waals surface area contributed by atoms with E-state index in [1.54, 1.807) is 0 Å². The molecule has 0 rings (SSSR count). The number of nitrogens with zero attached hydrogens (tertiary/aromatic N) is 1. The van der Waals surface area contributed by atoms with Gasteiger partial charge in [-0.1, -0.05) is 0 Å². The van der Waals surface area contributed by atoms with Crippen molar-refractivity contribution in [1.82, 2.24) is 0 Å². The number of carboxylic acids is 1. The number of aliphatic hydroxyl groups is 1. The minimum atomic E-state index is -1.66. The first-order valence-corrected chi connectivity index (χ1v) is 3.35. The fraction of sp³-hybridized carbons (Fsp3) is 0.857. The third kappa shape index (κ3) is 7.29. The van der Waals surface area contributed by atoms with Crippen LogP contribution in [0.15, 0.2) is 0 Å². The van der Waals surface area contributed by atoms with Gasteiger partial charge < -0.3 is 14.7 Å². The van der Waals surface area contributed by atoms with E-state index in [4.69, 9.17) is 7.91 Å². The molecular formula is C7H16NO3+. The number of quaternary nitrogens is 1. The Morgan fingerprint density at radius 2 is 2.27 bits per heavy atom. The van der Waals surface area contributed by atoms with Crippen molar-refractivity contribution in [1.29, 1.82) is 1.43 Å². The molecule has 4 nitrogen and oxygen atoms in total. The molecule has 4 heteroatoms. The molecule has 0 radical (unpaired) electrons. The molecule has 0 amide bonds. The summed E-state index contributed by atoms with van der Waals surface area (Å²) in [5.74, 6) is -1.13. The van der Waals surface area contributed by atoms with E-state index in [1.807, 2.05) is 21.1 Å². The molecule has 0 aliphatic heterocycles. The second-order valence-corrected chi connectivity index (χ2v) is 3.56. The average molecular weight is 164 g/mol. The predicted octanol–water partition coefficient (Wildman–Crippen LogP) is -0.472. The van der Waals surface area contributed by atoms with E-state index in [9.17, 15) is 4.79 Å². The van der Waals surface area contributed by atoms with Gasteiger partial charge in [-0.15, -0.1) is 0 Å². The molecule has 0 aromatic heterocycles. The molecular weight excluding hydrogens is 146 g/mol. The standard InChI is InChI=1S/C7H15NO3/c1-8(2,3)5-6(9)4-7(10)11/h6,9H,4-5H2,1-3H3/p+1/t6-/m1/s1/i6D,9D. The molecule has 0 fully saturated rings. The quantitative estimate of drug-likeness (QED) is 0.540. The molecule has 0 aliphatic carbocycles. The monoisotopic (exact) mass is 164 g/mol. The number of hydrogen-bond donors (Lipinski definition) is 2. The summed E-state index contributed by atoms with van der Waals surface area (Å²) in [6.45, 7) is 0.156. The Hall–Kier alpha value is -0.610. The van der Waals surface area contributed by atoms with Gasteiger partial charge in [0.05, 0.1) is 28.9 Å². The fourth-order valence-electron chi connectivity index (χ4n) is 0.754. The third-order valence-electron chi connectivity index (χ3n) is 0.999. The first-order valence-electron chi connectivity index (χ1n) is 4.26. The minimum absolute atomic E-state index is 0.156. The van der Waals surface area contributed by atoms with Crippen LogP contribution in [-0.2, 0) is 4.79 Å². The van der Waals surface area contributed by atoms with E-state index in [2.05, 4.69) is 5.11 Å². The zero-order valence-corrected chi connectivity index (χ0v) is 7.13.